The zero-order chi connectivity index (χ0) is 13.9. The van der Waals surface area contributed by atoms with Crippen LogP contribution < -0.4 is 4.74 Å². The van der Waals surface area contributed by atoms with E-state index < -0.39 is 6.10 Å². The lowest BCUT2D eigenvalue weighted by molar-refractivity contribution is -0.0591. The summed E-state index contributed by atoms with van der Waals surface area (Å²) >= 11 is 0. The molecule has 0 bridgehead atoms. The van der Waals surface area contributed by atoms with Crippen LogP contribution in [0.2, 0.25) is 0 Å². The Morgan fingerprint density at radius 2 is 2.00 bits per heavy atom. The first-order valence-corrected chi connectivity index (χ1v) is 7.74. The molecule has 2 aliphatic carbocycles. The minimum absolute atomic E-state index is 0.0449. The molecule has 3 rings (SSSR count). The van der Waals surface area contributed by atoms with Crippen LogP contribution in [-0.4, -0.2) is 24.9 Å². The monoisotopic (exact) mass is 276 g/mol. The molecular formula is C17H24O3. The van der Waals surface area contributed by atoms with Crippen LogP contribution in [-0.2, 0) is 11.2 Å². The first-order chi connectivity index (χ1) is 9.78. The van der Waals surface area contributed by atoms with Gasteiger partial charge in [0.1, 0.15) is 11.9 Å². The summed E-state index contributed by atoms with van der Waals surface area (Å²) in [5.74, 6) is 1.57. The quantitative estimate of drug-likeness (QED) is 0.917. The van der Waals surface area contributed by atoms with Crippen molar-refractivity contribution in [3.8, 4) is 5.75 Å². The molecule has 110 valence electrons. The van der Waals surface area contributed by atoms with Gasteiger partial charge in [-0.1, -0.05) is 18.9 Å². The Kier molecular flexibility index (Phi) is 4.27. The molecule has 3 heteroatoms. The van der Waals surface area contributed by atoms with Gasteiger partial charge in [-0.25, -0.2) is 0 Å². The molecule has 1 aromatic carbocycles. The number of aliphatic hydroxyl groups excluding tert-OH is 1. The van der Waals surface area contributed by atoms with Gasteiger partial charge in [0, 0.05) is 6.61 Å². The summed E-state index contributed by atoms with van der Waals surface area (Å²) in [7, 11) is 1.68. The topological polar surface area (TPSA) is 38.7 Å². The number of aliphatic hydroxyl groups is 1. The van der Waals surface area contributed by atoms with E-state index in [0.29, 0.717) is 5.92 Å². The van der Waals surface area contributed by atoms with Crippen LogP contribution in [0.1, 0.15) is 49.3 Å². The van der Waals surface area contributed by atoms with Crippen LogP contribution in [0.3, 0.4) is 0 Å². The highest BCUT2D eigenvalue weighted by Crippen LogP contribution is 2.35. The van der Waals surface area contributed by atoms with Gasteiger partial charge in [0.2, 0.25) is 0 Å². The van der Waals surface area contributed by atoms with Gasteiger partial charge in [0.05, 0.1) is 13.2 Å². The van der Waals surface area contributed by atoms with Crippen LogP contribution in [0.4, 0.5) is 0 Å². The van der Waals surface area contributed by atoms with Gasteiger partial charge < -0.3 is 14.6 Å². The number of hydrogen-bond acceptors (Lipinski definition) is 3. The van der Waals surface area contributed by atoms with Crippen molar-refractivity contribution in [1.82, 2.24) is 0 Å². The zero-order valence-electron chi connectivity index (χ0n) is 12.2. The summed E-state index contributed by atoms with van der Waals surface area (Å²) in [4.78, 5) is 0. The maximum absolute atomic E-state index is 10.5. The van der Waals surface area contributed by atoms with Gasteiger partial charge in [-0.2, -0.15) is 0 Å². The first-order valence-electron chi connectivity index (χ1n) is 7.74. The van der Waals surface area contributed by atoms with Crippen molar-refractivity contribution >= 4 is 0 Å². The fraction of sp³-hybridized carbons (Fsp3) is 0.647. The molecule has 0 amide bonds. The third-order valence-corrected chi connectivity index (χ3v) is 4.74. The predicted octanol–water partition coefficient (Wildman–Crippen LogP) is 3.25. The summed E-state index contributed by atoms with van der Waals surface area (Å²) in [6.07, 6.45) is 6.57. The fourth-order valence-electron chi connectivity index (χ4n) is 3.48. The van der Waals surface area contributed by atoms with Crippen LogP contribution >= 0.6 is 0 Å². The Bertz CT molecular complexity index is 452. The fourth-order valence-corrected chi connectivity index (χ4v) is 3.48. The van der Waals surface area contributed by atoms with Crippen molar-refractivity contribution < 1.29 is 14.6 Å². The van der Waals surface area contributed by atoms with E-state index >= 15 is 0 Å². The average molecular weight is 276 g/mol. The van der Waals surface area contributed by atoms with Crippen LogP contribution in [0.5, 0.6) is 5.75 Å². The van der Waals surface area contributed by atoms with Gasteiger partial charge in [0.25, 0.3) is 0 Å². The third-order valence-electron chi connectivity index (χ3n) is 4.74. The Labute approximate surface area is 120 Å². The van der Waals surface area contributed by atoms with Gasteiger partial charge in [-0.3, -0.25) is 0 Å². The van der Waals surface area contributed by atoms with Crippen molar-refractivity contribution in [1.29, 1.82) is 0 Å². The Morgan fingerprint density at radius 3 is 2.75 bits per heavy atom. The lowest BCUT2D eigenvalue weighted by Gasteiger charge is -2.31. The summed E-state index contributed by atoms with van der Waals surface area (Å²) in [5.41, 5.74) is 2.20. The second-order valence-corrected chi connectivity index (χ2v) is 6.07. The number of ether oxygens (including phenoxy) is 2. The molecule has 20 heavy (non-hydrogen) atoms. The standard InChI is InChI=1S/C17H24O3/c1-19-14-7-8-15-13(10-14)6-9-16(17(15)18)20-11-12-4-2-3-5-12/h7-8,10,12,16-18H,2-6,9,11H2,1H3. The van der Waals surface area contributed by atoms with Crippen molar-refractivity contribution in [2.75, 3.05) is 13.7 Å². The molecule has 3 nitrogen and oxygen atoms in total. The normalized spacial score (nSPS) is 26.5. The molecule has 0 radical (unpaired) electrons. The average Bonchev–Trinajstić information content (AvgIpc) is 2.99. The molecule has 0 spiro atoms. The van der Waals surface area contributed by atoms with E-state index in [-0.39, 0.29) is 6.10 Å². The van der Waals surface area contributed by atoms with Crippen LogP contribution in [0, 0.1) is 5.92 Å². The zero-order valence-corrected chi connectivity index (χ0v) is 12.2. The van der Waals surface area contributed by atoms with Crippen molar-refractivity contribution in [2.24, 2.45) is 5.92 Å². The summed E-state index contributed by atoms with van der Waals surface area (Å²) in [6.45, 7) is 0.813. The molecule has 0 saturated heterocycles. The highest BCUT2D eigenvalue weighted by atomic mass is 16.5. The minimum atomic E-state index is -0.494. The van der Waals surface area contributed by atoms with Gasteiger partial charge >= 0.3 is 0 Å². The molecule has 0 aliphatic heterocycles. The molecule has 2 unspecified atom stereocenters. The lowest BCUT2D eigenvalue weighted by atomic mass is 9.87. The number of benzene rings is 1. The van der Waals surface area contributed by atoms with Gasteiger partial charge in [0.15, 0.2) is 0 Å². The van der Waals surface area contributed by atoms with Gasteiger partial charge in [-0.15, -0.1) is 0 Å². The number of rotatable bonds is 4. The molecule has 0 heterocycles. The second-order valence-electron chi connectivity index (χ2n) is 6.07. The molecule has 1 saturated carbocycles. The smallest absolute Gasteiger partial charge is 0.119 e. The van der Waals surface area contributed by atoms with Crippen molar-refractivity contribution in [3.63, 3.8) is 0 Å². The number of fused-ring (bicyclic) bond motifs is 1. The summed E-state index contributed by atoms with van der Waals surface area (Å²) < 4.78 is 11.3. The van der Waals surface area contributed by atoms with Crippen LogP contribution in [0.15, 0.2) is 18.2 Å². The number of hydrogen-bond donors (Lipinski definition) is 1. The highest BCUT2D eigenvalue weighted by Gasteiger charge is 2.29. The van der Waals surface area contributed by atoms with Gasteiger partial charge in [-0.05, 0) is 54.9 Å². The van der Waals surface area contributed by atoms with E-state index in [0.717, 1.165) is 30.8 Å². The first kappa shape index (κ1) is 13.9. The van der Waals surface area contributed by atoms with E-state index in [1.807, 2.05) is 18.2 Å². The van der Waals surface area contributed by atoms with E-state index in [2.05, 4.69) is 0 Å². The molecule has 2 atom stereocenters. The van der Waals surface area contributed by atoms with Crippen molar-refractivity contribution in [2.45, 2.75) is 50.7 Å². The summed E-state index contributed by atoms with van der Waals surface area (Å²) in [5, 5.41) is 10.5. The Hall–Kier alpha value is -1.06. The molecule has 1 fully saturated rings. The van der Waals surface area contributed by atoms with Crippen LogP contribution in [0.25, 0.3) is 0 Å². The Morgan fingerprint density at radius 1 is 1.20 bits per heavy atom. The minimum Gasteiger partial charge on any atom is -0.497 e. The van der Waals surface area contributed by atoms with E-state index in [4.69, 9.17) is 9.47 Å². The maximum atomic E-state index is 10.5. The molecule has 0 aromatic heterocycles. The van der Waals surface area contributed by atoms with Crippen molar-refractivity contribution in [3.05, 3.63) is 29.3 Å². The molecular weight excluding hydrogens is 252 g/mol. The lowest BCUT2D eigenvalue weighted by Crippen LogP contribution is -2.29. The summed E-state index contributed by atoms with van der Waals surface area (Å²) in [6, 6.07) is 5.93. The Balaban J connectivity index is 1.64. The maximum Gasteiger partial charge on any atom is 0.119 e. The van der Waals surface area contributed by atoms with E-state index in [9.17, 15) is 5.11 Å². The number of methoxy groups -OCH3 is 1. The van der Waals surface area contributed by atoms with E-state index in [1.54, 1.807) is 7.11 Å². The molecule has 1 N–H and O–H groups in total. The second kappa shape index (κ2) is 6.15. The highest BCUT2D eigenvalue weighted by molar-refractivity contribution is 5.39. The third kappa shape index (κ3) is 2.84. The predicted molar refractivity (Wildman–Crippen MR) is 78.0 cm³/mol. The SMILES string of the molecule is COc1ccc2c(c1)CCC(OCC1CCCC1)C2O. The molecule has 2 aliphatic rings. The number of aryl methyl sites for hydroxylation is 1. The largest absolute Gasteiger partial charge is 0.497 e. The molecule has 1 aromatic rings. The van der Waals surface area contributed by atoms with E-state index in [1.165, 1.54) is 31.2 Å².